The predicted octanol–water partition coefficient (Wildman–Crippen LogP) is 6.91. The molecule has 3 aliphatic heterocycles. The van der Waals surface area contributed by atoms with Crippen LogP contribution in [0.15, 0.2) is 18.2 Å². The summed E-state index contributed by atoms with van der Waals surface area (Å²) in [4.78, 5) is 59.8. The Hall–Kier alpha value is -2.61. The average molecular weight is 718 g/mol. The van der Waals surface area contributed by atoms with Gasteiger partial charge in [0.2, 0.25) is 0 Å². The number of benzene rings is 1. The quantitative estimate of drug-likeness (QED) is 0.195. The largest absolute Gasteiger partial charge is 0.459 e. The molecule has 3 saturated heterocycles. The van der Waals surface area contributed by atoms with Gasteiger partial charge in [-0.2, -0.15) is 15.2 Å². The van der Waals surface area contributed by atoms with Gasteiger partial charge in [-0.15, -0.1) is 0 Å². The van der Waals surface area contributed by atoms with E-state index in [0.717, 1.165) is 0 Å². The van der Waals surface area contributed by atoms with Crippen molar-refractivity contribution in [3.05, 3.63) is 34.9 Å². The molecule has 3 fully saturated rings. The number of hydrogen-bond acceptors (Lipinski definition) is 12. The van der Waals surface area contributed by atoms with E-state index in [1.165, 1.54) is 12.1 Å². The number of hydrogen-bond donors (Lipinski definition) is 0. The third-order valence-corrected chi connectivity index (χ3v) is 10.7. The molecule has 12 nitrogen and oxygen atoms in total. The van der Waals surface area contributed by atoms with Crippen molar-refractivity contribution in [1.29, 1.82) is 0 Å². The smallest absolute Gasteiger partial charge is 0.340 e. The van der Waals surface area contributed by atoms with E-state index in [1.807, 2.05) is 98.3 Å². The molecule has 12 heteroatoms. The third-order valence-electron chi connectivity index (χ3n) is 10.7. The zero-order valence-electron chi connectivity index (χ0n) is 33.7. The van der Waals surface area contributed by atoms with Crippen molar-refractivity contribution in [2.24, 2.45) is 0 Å². The summed E-state index contributed by atoms with van der Waals surface area (Å²) in [5.41, 5.74) is -2.92. The zero-order chi connectivity index (χ0) is 38.5. The van der Waals surface area contributed by atoms with E-state index in [2.05, 4.69) is 0 Å². The molecule has 0 aromatic heterocycles. The maximum Gasteiger partial charge on any atom is 0.340 e. The molecule has 0 atom stereocenters. The minimum atomic E-state index is -0.776. The summed E-state index contributed by atoms with van der Waals surface area (Å²) in [7, 11) is 4.92. The van der Waals surface area contributed by atoms with Crippen molar-refractivity contribution in [3.63, 3.8) is 0 Å². The highest BCUT2D eigenvalue weighted by Gasteiger charge is 2.50. The van der Waals surface area contributed by atoms with Crippen molar-refractivity contribution >= 4 is 17.9 Å². The molecular weight excluding hydrogens is 654 g/mol. The first-order valence-corrected chi connectivity index (χ1v) is 18.1. The van der Waals surface area contributed by atoms with Gasteiger partial charge in [0.1, 0.15) is 18.3 Å². The van der Waals surface area contributed by atoms with Crippen LogP contribution in [-0.2, 0) is 28.7 Å². The maximum absolute atomic E-state index is 14.4. The molecule has 0 saturated carbocycles. The number of esters is 3. The SMILES string of the molecule is CON1C(C)(C)CC(OC(=O)c2cccc(C(=O)OC3CC(C)(C)N(OC)C(C)(C)C3)c2C(=O)OC2CC(C)(C)N(OC)C(C)(C)C2)CC1(C)C. The molecule has 0 unspecified atom stereocenters. The van der Waals surface area contributed by atoms with Crippen molar-refractivity contribution in [3.8, 4) is 0 Å². The first-order valence-electron chi connectivity index (χ1n) is 18.1. The average Bonchev–Trinajstić information content (AvgIpc) is 2.93. The number of carbonyl (C=O) groups is 3. The van der Waals surface area contributed by atoms with Gasteiger partial charge in [-0.3, -0.25) is 0 Å². The van der Waals surface area contributed by atoms with Crippen LogP contribution in [-0.4, -0.2) is 106 Å². The molecule has 51 heavy (non-hydrogen) atoms. The Morgan fingerprint density at radius 3 is 0.941 bits per heavy atom. The number of ether oxygens (including phenoxy) is 3. The summed E-state index contributed by atoms with van der Waals surface area (Å²) in [6.45, 7) is 24.4. The molecule has 0 N–H and O–H groups in total. The summed E-state index contributed by atoms with van der Waals surface area (Å²) in [5, 5.41) is 5.79. The van der Waals surface area contributed by atoms with Crippen LogP contribution in [0.3, 0.4) is 0 Å². The number of piperidine rings is 3. The summed E-state index contributed by atoms with van der Waals surface area (Å²) < 4.78 is 18.5. The first-order chi connectivity index (χ1) is 23.3. The summed E-state index contributed by atoms with van der Waals surface area (Å²) >= 11 is 0. The minimum absolute atomic E-state index is 0.0399. The molecule has 1 aromatic rings. The Labute approximate surface area is 305 Å². The fourth-order valence-corrected chi connectivity index (χ4v) is 10.0. The normalized spacial score (nSPS) is 25.2. The van der Waals surface area contributed by atoms with Crippen molar-refractivity contribution in [1.82, 2.24) is 15.2 Å². The van der Waals surface area contributed by atoms with Crippen molar-refractivity contribution < 1.29 is 43.1 Å². The van der Waals surface area contributed by atoms with E-state index in [-0.39, 0.29) is 16.7 Å². The molecule has 288 valence electrons. The van der Waals surface area contributed by atoms with Gasteiger partial charge < -0.3 is 28.7 Å². The van der Waals surface area contributed by atoms with E-state index >= 15 is 0 Å². The van der Waals surface area contributed by atoms with Crippen LogP contribution in [0.25, 0.3) is 0 Å². The van der Waals surface area contributed by atoms with E-state index in [4.69, 9.17) is 28.7 Å². The van der Waals surface area contributed by atoms with Gasteiger partial charge in [-0.1, -0.05) is 6.07 Å². The lowest BCUT2D eigenvalue weighted by Gasteiger charge is -2.53. The van der Waals surface area contributed by atoms with E-state index in [9.17, 15) is 14.4 Å². The van der Waals surface area contributed by atoms with Crippen LogP contribution >= 0.6 is 0 Å². The van der Waals surface area contributed by atoms with E-state index in [1.54, 1.807) is 27.4 Å². The molecule has 3 aliphatic rings. The molecule has 0 radical (unpaired) electrons. The van der Waals surface area contributed by atoms with Crippen LogP contribution in [0.2, 0.25) is 0 Å². The van der Waals surface area contributed by atoms with Crippen LogP contribution in [0, 0.1) is 0 Å². The summed E-state index contributed by atoms with van der Waals surface area (Å²) in [5.74, 6) is -2.18. The van der Waals surface area contributed by atoms with Crippen LogP contribution in [0.4, 0.5) is 0 Å². The molecule has 0 spiro atoms. The monoisotopic (exact) mass is 717 g/mol. The second-order valence-corrected chi connectivity index (χ2v) is 18.3. The Morgan fingerprint density at radius 1 is 0.471 bits per heavy atom. The molecule has 0 aliphatic carbocycles. The molecule has 3 heterocycles. The maximum atomic E-state index is 14.4. The van der Waals surface area contributed by atoms with Gasteiger partial charge in [-0.05, 0) is 95.2 Å². The van der Waals surface area contributed by atoms with Crippen LogP contribution in [0.5, 0.6) is 0 Å². The number of rotatable bonds is 9. The lowest BCUT2D eigenvalue weighted by Crippen LogP contribution is -2.61. The first kappa shape index (κ1) is 41.2. The predicted molar refractivity (Wildman–Crippen MR) is 193 cm³/mol. The lowest BCUT2D eigenvalue weighted by atomic mass is 9.80. The molecule has 0 amide bonds. The van der Waals surface area contributed by atoms with Crippen LogP contribution in [0.1, 0.15) is 153 Å². The highest BCUT2D eigenvalue weighted by molar-refractivity contribution is 6.10. The molecular formula is C39H63N3O9. The van der Waals surface area contributed by atoms with E-state index in [0.29, 0.717) is 38.5 Å². The van der Waals surface area contributed by atoms with Crippen molar-refractivity contribution in [2.75, 3.05) is 21.3 Å². The summed E-state index contributed by atoms with van der Waals surface area (Å²) in [6, 6.07) is 4.61. The van der Waals surface area contributed by atoms with Gasteiger partial charge in [0.05, 0.1) is 38.0 Å². The Balaban J connectivity index is 1.70. The standard InChI is InChI=1S/C39H63N3O9/c1-34(2)19-25(20-35(3,4)40(34)46-13)49-31(43)28-17-16-18-29(32(44)50-26-21-36(5,6)41(47-14)37(7,8)22-26)30(28)33(45)51-27-23-38(9,10)42(48-15)39(11,12)24-27/h16-18,25-27H,19-24H2,1-15H3. The molecule has 1 aromatic carbocycles. The third kappa shape index (κ3) is 8.47. The Morgan fingerprint density at radius 2 is 0.706 bits per heavy atom. The highest BCUT2D eigenvalue weighted by Crippen LogP contribution is 2.43. The summed E-state index contributed by atoms with van der Waals surface area (Å²) in [6.07, 6.45) is 1.53. The van der Waals surface area contributed by atoms with Gasteiger partial charge in [-0.25, -0.2) is 14.4 Å². The Bertz CT molecular complexity index is 1340. The molecule has 4 rings (SSSR count). The van der Waals surface area contributed by atoms with Gasteiger partial charge in [0.25, 0.3) is 0 Å². The highest BCUT2D eigenvalue weighted by atomic mass is 16.7. The number of nitrogens with zero attached hydrogens (tertiary/aromatic N) is 3. The fourth-order valence-electron chi connectivity index (χ4n) is 10.0. The Kier molecular flexibility index (Phi) is 11.6. The van der Waals surface area contributed by atoms with Gasteiger partial charge >= 0.3 is 17.9 Å². The second kappa shape index (κ2) is 14.3. The fraction of sp³-hybridized carbons (Fsp3) is 0.769. The van der Waals surface area contributed by atoms with Crippen LogP contribution < -0.4 is 0 Å². The van der Waals surface area contributed by atoms with Gasteiger partial charge in [0, 0.05) is 71.8 Å². The molecule has 0 bridgehead atoms. The zero-order valence-corrected chi connectivity index (χ0v) is 33.7. The van der Waals surface area contributed by atoms with E-state index < -0.39 is 69.5 Å². The topological polar surface area (TPSA) is 116 Å². The van der Waals surface area contributed by atoms with Gasteiger partial charge in [0.15, 0.2) is 0 Å². The minimum Gasteiger partial charge on any atom is -0.459 e. The second-order valence-electron chi connectivity index (χ2n) is 18.3. The van der Waals surface area contributed by atoms with Crippen molar-refractivity contribution in [2.45, 2.75) is 173 Å². The lowest BCUT2D eigenvalue weighted by molar-refractivity contribution is -0.276. The number of hydroxylamine groups is 6. The number of carbonyl (C=O) groups excluding carboxylic acids is 3.